The van der Waals surface area contributed by atoms with E-state index in [-0.39, 0.29) is 10.8 Å². The van der Waals surface area contributed by atoms with Crippen LogP contribution in [-0.4, -0.2) is 14.1 Å². The molecule has 0 bridgehead atoms. The highest BCUT2D eigenvalue weighted by atomic mass is 14.9. The molecule has 2 heteroatoms. The first-order valence-electron chi connectivity index (χ1n) is 17.0. The molecule has 0 spiro atoms. The Morgan fingerprint density at radius 1 is 0.477 bits per heavy atom. The summed E-state index contributed by atoms with van der Waals surface area (Å²) >= 11 is 0. The fourth-order valence-electron chi connectivity index (χ4n) is 7.64. The molecule has 0 heterocycles. The highest BCUT2D eigenvalue weighted by Gasteiger charge is 2.29. The Morgan fingerprint density at radius 2 is 0.818 bits per heavy atom. The van der Waals surface area contributed by atoms with Crippen LogP contribution in [0.4, 0.5) is 11.4 Å². The van der Waals surface area contributed by atoms with E-state index in [0.29, 0.717) is 0 Å². The molecule has 0 atom stereocenters. The van der Waals surface area contributed by atoms with Gasteiger partial charge in [0.2, 0.25) is 0 Å². The SMILES string of the molecule is CNc1c(-c2ccc(C(C)(C)C)cc2)cc2c(c1-c1c3c(cc(-c4ccc(C(C)(C)C)cc4)c1NC)CCCC3)CCCC2. The van der Waals surface area contributed by atoms with Gasteiger partial charge >= 0.3 is 0 Å². The molecule has 6 rings (SSSR count). The molecule has 0 aromatic heterocycles. The van der Waals surface area contributed by atoms with Crippen molar-refractivity contribution in [1.29, 1.82) is 0 Å². The molecule has 44 heavy (non-hydrogen) atoms. The van der Waals surface area contributed by atoms with E-state index in [0.717, 1.165) is 25.7 Å². The largest absolute Gasteiger partial charge is 0.387 e. The average molecular weight is 585 g/mol. The summed E-state index contributed by atoms with van der Waals surface area (Å²) in [7, 11) is 4.25. The molecule has 4 aromatic carbocycles. The van der Waals surface area contributed by atoms with Gasteiger partial charge in [0, 0.05) is 36.3 Å². The maximum atomic E-state index is 3.77. The molecule has 0 amide bonds. The van der Waals surface area contributed by atoms with E-state index in [4.69, 9.17) is 0 Å². The van der Waals surface area contributed by atoms with Gasteiger partial charge in [0.15, 0.2) is 0 Å². The second kappa shape index (κ2) is 11.8. The third-order valence-corrected chi connectivity index (χ3v) is 10.2. The lowest BCUT2D eigenvalue weighted by Crippen LogP contribution is -2.14. The maximum Gasteiger partial charge on any atom is 0.0500 e. The fraction of sp³-hybridized carbons (Fsp3) is 0.429. The first-order chi connectivity index (χ1) is 21.0. The Hall–Kier alpha value is -3.52. The molecule has 0 aliphatic heterocycles. The Labute approximate surface area is 266 Å². The van der Waals surface area contributed by atoms with Crippen LogP contribution >= 0.6 is 0 Å². The minimum absolute atomic E-state index is 0.137. The number of anilines is 2. The van der Waals surface area contributed by atoms with Gasteiger partial charge in [-0.2, -0.15) is 0 Å². The summed E-state index contributed by atoms with van der Waals surface area (Å²) in [4.78, 5) is 0. The third-order valence-electron chi connectivity index (χ3n) is 10.2. The molecule has 230 valence electrons. The first-order valence-corrected chi connectivity index (χ1v) is 17.0. The monoisotopic (exact) mass is 584 g/mol. The van der Waals surface area contributed by atoms with E-state index in [9.17, 15) is 0 Å². The fourth-order valence-corrected chi connectivity index (χ4v) is 7.64. The van der Waals surface area contributed by atoms with Gasteiger partial charge in [-0.05, 0) is 119 Å². The smallest absolute Gasteiger partial charge is 0.0500 e. The summed E-state index contributed by atoms with van der Waals surface area (Å²) in [6.07, 6.45) is 9.66. The van der Waals surface area contributed by atoms with Crippen LogP contribution in [0.5, 0.6) is 0 Å². The summed E-state index contributed by atoms with van der Waals surface area (Å²) in [5, 5.41) is 7.54. The van der Waals surface area contributed by atoms with E-state index in [1.165, 1.54) is 92.7 Å². The highest BCUT2D eigenvalue weighted by Crippen LogP contribution is 2.51. The van der Waals surface area contributed by atoms with Crippen LogP contribution in [-0.2, 0) is 36.5 Å². The number of nitrogens with one attached hydrogen (secondary N) is 2. The quantitative estimate of drug-likeness (QED) is 0.244. The minimum atomic E-state index is 0.137. The van der Waals surface area contributed by atoms with E-state index in [1.54, 1.807) is 11.1 Å². The first kappa shape index (κ1) is 30.5. The molecule has 2 nitrogen and oxygen atoms in total. The molecular formula is C42H52N2. The van der Waals surface area contributed by atoms with Crippen molar-refractivity contribution in [2.75, 3.05) is 24.7 Å². The van der Waals surface area contributed by atoms with Crippen molar-refractivity contribution in [3.05, 3.63) is 94.0 Å². The lowest BCUT2D eigenvalue weighted by molar-refractivity contribution is 0.590. The third kappa shape index (κ3) is 5.57. The molecule has 2 aliphatic rings. The van der Waals surface area contributed by atoms with Gasteiger partial charge in [-0.1, -0.05) is 90.1 Å². The van der Waals surface area contributed by atoms with Crippen LogP contribution in [0.15, 0.2) is 60.7 Å². The molecular weight excluding hydrogens is 532 g/mol. The van der Waals surface area contributed by atoms with E-state index in [2.05, 4.69) is 127 Å². The molecule has 0 saturated heterocycles. The number of hydrogen-bond donors (Lipinski definition) is 2. The zero-order valence-electron chi connectivity index (χ0n) is 28.4. The highest BCUT2D eigenvalue weighted by molar-refractivity contribution is 6.02. The van der Waals surface area contributed by atoms with Crippen LogP contribution in [0.3, 0.4) is 0 Å². The Morgan fingerprint density at radius 3 is 1.14 bits per heavy atom. The molecule has 2 aliphatic carbocycles. The second-order valence-electron chi connectivity index (χ2n) is 15.2. The molecule has 2 N–H and O–H groups in total. The van der Waals surface area contributed by atoms with Gasteiger partial charge in [0.25, 0.3) is 0 Å². The van der Waals surface area contributed by atoms with Crippen molar-refractivity contribution in [1.82, 2.24) is 0 Å². The van der Waals surface area contributed by atoms with E-state index >= 15 is 0 Å². The van der Waals surface area contributed by atoms with Gasteiger partial charge in [-0.3, -0.25) is 0 Å². The number of benzene rings is 4. The Bertz CT molecular complexity index is 1530. The summed E-state index contributed by atoms with van der Waals surface area (Å²) in [5.41, 5.74) is 19.9. The lowest BCUT2D eigenvalue weighted by atomic mass is 9.76. The van der Waals surface area contributed by atoms with Crippen molar-refractivity contribution >= 4 is 11.4 Å². The van der Waals surface area contributed by atoms with Crippen LogP contribution in [0.1, 0.15) is 101 Å². The zero-order valence-corrected chi connectivity index (χ0v) is 28.4. The summed E-state index contributed by atoms with van der Waals surface area (Å²) in [5.74, 6) is 0. The topological polar surface area (TPSA) is 24.1 Å². The Kier molecular flexibility index (Phi) is 8.16. The van der Waals surface area contributed by atoms with Crippen LogP contribution < -0.4 is 10.6 Å². The number of fused-ring (bicyclic) bond motifs is 2. The average Bonchev–Trinajstić information content (AvgIpc) is 3.02. The molecule has 4 aromatic rings. The minimum Gasteiger partial charge on any atom is -0.387 e. The molecule has 0 saturated carbocycles. The summed E-state index contributed by atoms with van der Waals surface area (Å²) in [6.45, 7) is 13.8. The normalized spacial score (nSPS) is 15.0. The second-order valence-corrected chi connectivity index (χ2v) is 15.2. The van der Waals surface area contributed by atoms with Crippen molar-refractivity contribution in [3.8, 4) is 33.4 Å². The van der Waals surface area contributed by atoms with Crippen LogP contribution in [0.2, 0.25) is 0 Å². The van der Waals surface area contributed by atoms with E-state index in [1.807, 2.05) is 0 Å². The van der Waals surface area contributed by atoms with Gasteiger partial charge in [0.1, 0.15) is 0 Å². The number of aryl methyl sites for hydroxylation is 2. The molecule has 0 unspecified atom stereocenters. The maximum absolute atomic E-state index is 3.77. The van der Waals surface area contributed by atoms with Gasteiger partial charge in [-0.25, -0.2) is 0 Å². The van der Waals surface area contributed by atoms with E-state index < -0.39 is 0 Å². The van der Waals surface area contributed by atoms with Crippen molar-refractivity contribution in [3.63, 3.8) is 0 Å². The van der Waals surface area contributed by atoms with Crippen LogP contribution in [0, 0.1) is 0 Å². The van der Waals surface area contributed by atoms with Crippen LogP contribution in [0.25, 0.3) is 33.4 Å². The molecule has 0 radical (unpaired) electrons. The Balaban J connectivity index is 1.64. The zero-order chi connectivity index (χ0) is 31.2. The van der Waals surface area contributed by atoms with Gasteiger partial charge in [-0.15, -0.1) is 0 Å². The summed E-state index contributed by atoms with van der Waals surface area (Å²) in [6, 6.07) is 23.7. The van der Waals surface area contributed by atoms with Crippen molar-refractivity contribution in [2.24, 2.45) is 0 Å². The predicted octanol–water partition coefficient (Wildman–Crippen LogP) is 11.1. The van der Waals surface area contributed by atoms with Crippen molar-refractivity contribution in [2.45, 2.75) is 104 Å². The predicted molar refractivity (Wildman–Crippen MR) is 193 cm³/mol. The van der Waals surface area contributed by atoms with Gasteiger partial charge < -0.3 is 10.6 Å². The van der Waals surface area contributed by atoms with Gasteiger partial charge in [0.05, 0.1) is 11.4 Å². The lowest BCUT2D eigenvalue weighted by Gasteiger charge is -2.31. The standard InChI is InChI=1S/C42H52N2/c1-41(2,3)31-21-17-27(18-22-31)35-25-29-13-9-11-15-33(29)37(39(35)43-7)38-34-16-12-10-14-30(34)26-36(40(38)44-8)28-19-23-32(24-20-28)42(4,5)6/h17-26,43-44H,9-16H2,1-8H3. The summed E-state index contributed by atoms with van der Waals surface area (Å²) < 4.78 is 0. The van der Waals surface area contributed by atoms with Crippen molar-refractivity contribution < 1.29 is 0 Å². The number of hydrogen-bond acceptors (Lipinski definition) is 2. The molecule has 0 fully saturated rings. The number of rotatable bonds is 5.